The van der Waals surface area contributed by atoms with E-state index >= 15 is 0 Å². The van der Waals surface area contributed by atoms with E-state index < -0.39 is 0 Å². The van der Waals surface area contributed by atoms with Crippen LogP contribution in [0.3, 0.4) is 0 Å². The molecule has 0 amide bonds. The quantitative estimate of drug-likeness (QED) is 0.642. The van der Waals surface area contributed by atoms with Crippen molar-refractivity contribution in [3.05, 3.63) is 0 Å². The first-order valence-corrected chi connectivity index (χ1v) is 7.80. The first-order valence-electron chi connectivity index (χ1n) is 7.80. The first-order chi connectivity index (χ1) is 8.77. The number of nitrogens with one attached hydrogen (secondary N) is 1. The van der Waals surface area contributed by atoms with Crippen LogP contribution in [0.5, 0.6) is 0 Å². The lowest BCUT2D eigenvalue weighted by atomic mass is 10.0. The summed E-state index contributed by atoms with van der Waals surface area (Å²) in [6, 6.07) is 0.643. The van der Waals surface area contributed by atoms with Crippen molar-refractivity contribution in [2.45, 2.75) is 64.5 Å². The second-order valence-electron chi connectivity index (χ2n) is 5.58. The third-order valence-corrected chi connectivity index (χ3v) is 3.86. The number of ether oxygens (including phenoxy) is 1. The molecule has 1 aliphatic rings. The summed E-state index contributed by atoms with van der Waals surface area (Å²) in [4.78, 5) is 2.46. The zero-order valence-corrected chi connectivity index (χ0v) is 12.6. The monoisotopic (exact) mass is 256 g/mol. The molecular formula is C15H32N2O. The van der Waals surface area contributed by atoms with E-state index in [9.17, 15) is 0 Å². The highest BCUT2D eigenvalue weighted by Crippen LogP contribution is 2.16. The minimum Gasteiger partial charge on any atom is -0.375 e. The van der Waals surface area contributed by atoms with Crippen molar-refractivity contribution in [2.24, 2.45) is 0 Å². The number of likely N-dealkylation sites (tertiary alicyclic amines) is 1. The highest BCUT2D eigenvalue weighted by atomic mass is 16.5. The van der Waals surface area contributed by atoms with Crippen molar-refractivity contribution in [3.8, 4) is 0 Å². The van der Waals surface area contributed by atoms with E-state index in [0.29, 0.717) is 12.1 Å². The maximum atomic E-state index is 6.13. The van der Waals surface area contributed by atoms with Gasteiger partial charge in [0.1, 0.15) is 0 Å². The zero-order valence-electron chi connectivity index (χ0n) is 12.6. The maximum absolute atomic E-state index is 6.13. The summed E-state index contributed by atoms with van der Waals surface area (Å²) < 4.78 is 6.13. The molecule has 1 heterocycles. The molecular weight excluding hydrogens is 224 g/mol. The number of hydrogen-bond donors (Lipinski definition) is 1. The third-order valence-electron chi connectivity index (χ3n) is 3.86. The summed E-state index contributed by atoms with van der Waals surface area (Å²) in [6.07, 6.45) is 8.00. The second kappa shape index (κ2) is 9.76. The first kappa shape index (κ1) is 15.9. The second-order valence-corrected chi connectivity index (χ2v) is 5.58. The Hall–Kier alpha value is -0.120. The van der Waals surface area contributed by atoms with Crippen LogP contribution in [0.25, 0.3) is 0 Å². The Balaban J connectivity index is 2.22. The van der Waals surface area contributed by atoms with Gasteiger partial charge in [0, 0.05) is 12.6 Å². The van der Waals surface area contributed by atoms with Crippen LogP contribution in [0.1, 0.15) is 52.4 Å². The number of hydrogen-bond acceptors (Lipinski definition) is 3. The highest BCUT2D eigenvalue weighted by Gasteiger charge is 2.20. The lowest BCUT2D eigenvalue weighted by Crippen LogP contribution is -2.41. The van der Waals surface area contributed by atoms with E-state index in [1.165, 1.54) is 45.1 Å². The molecule has 0 spiro atoms. The molecule has 0 radical (unpaired) electrons. The molecule has 2 atom stereocenters. The topological polar surface area (TPSA) is 24.5 Å². The molecule has 0 aromatic carbocycles. The Bertz CT molecular complexity index is 199. The largest absolute Gasteiger partial charge is 0.375 e. The molecule has 2 unspecified atom stereocenters. The van der Waals surface area contributed by atoms with Crippen molar-refractivity contribution >= 4 is 0 Å². The molecule has 0 bridgehead atoms. The molecule has 3 heteroatoms. The summed E-state index contributed by atoms with van der Waals surface area (Å²) in [5, 5.41) is 3.48. The number of rotatable bonds is 9. The third kappa shape index (κ3) is 6.17. The molecule has 1 rings (SSSR count). The Morgan fingerprint density at radius 3 is 2.78 bits per heavy atom. The van der Waals surface area contributed by atoms with Gasteiger partial charge in [-0.05, 0) is 45.8 Å². The predicted molar refractivity (Wildman–Crippen MR) is 78.1 cm³/mol. The van der Waals surface area contributed by atoms with Gasteiger partial charge in [-0.3, -0.25) is 0 Å². The van der Waals surface area contributed by atoms with Gasteiger partial charge in [0.25, 0.3) is 0 Å². The highest BCUT2D eigenvalue weighted by molar-refractivity contribution is 4.74. The smallest absolute Gasteiger partial charge is 0.0700 e. The summed E-state index contributed by atoms with van der Waals surface area (Å²) in [5.41, 5.74) is 0. The molecule has 108 valence electrons. The minimum atomic E-state index is 0.400. The number of likely N-dealkylation sites (N-methyl/N-ethyl adjacent to an activating group) is 1. The molecule has 0 saturated carbocycles. The fourth-order valence-corrected chi connectivity index (χ4v) is 2.61. The van der Waals surface area contributed by atoms with Crippen LogP contribution in [0.2, 0.25) is 0 Å². The summed E-state index contributed by atoms with van der Waals surface area (Å²) in [7, 11) is 2.23. The van der Waals surface area contributed by atoms with Gasteiger partial charge < -0.3 is 15.0 Å². The molecule has 1 N–H and O–H groups in total. The lowest BCUT2D eigenvalue weighted by Gasteiger charge is -2.33. The summed E-state index contributed by atoms with van der Waals surface area (Å²) in [6.45, 7) is 8.71. The van der Waals surface area contributed by atoms with Crippen molar-refractivity contribution in [1.29, 1.82) is 0 Å². The Kier molecular flexibility index (Phi) is 8.64. The maximum Gasteiger partial charge on any atom is 0.0700 e. The summed E-state index contributed by atoms with van der Waals surface area (Å²) >= 11 is 0. The van der Waals surface area contributed by atoms with Crippen LogP contribution in [-0.4, -0.2) is 50.3 Å². The zero-order chi connectivity index (χ0) is 13.2. The average molecular weight is 256 g/mol. The van der Waals surface area contributed by atoms with E-state index in [-0.39, 0.29) is 0 Å². The molecule has 3 nitrogen and oxygen atoms in total. The average Bonchev–Trinajstić information content (AvgIpc) is 2.38. The van der Waals surface area contributed by atoms with Crippen molar-refractivity contribution in [3.63, 3.8) is 0 Å². The van der Waals surface area contributed by atoms with Crippen LogP contribution >= 0.6 is 0 Å². The van der Waals surface area contributed by atoms with Gasteiger partial charge in [0.05, 0.1) is 12.7 Å². The normalized spacial score (nSPS) is 23.2. The molecule has 1 aliphatic heterocycles. The SMILES string of the molecule is CCCNCC(CCC)OCC1CCCCN1C. The van der Waals surface area contributed by atoms with Gasteiger partial charge >= 0.3 is 0 Å². The molecule has 18 heavy (non-hydrogen) atoms. The lowest BCUT2D eigenvalue weighted by molar-refractivity contribution is 0.000456. The van der Waals surface area contributed by atoms with E-state index in [1.807, 2.05) is 0 Å². The summed E-state index contributed by atoms with van der Waals surface area (Å²) in [5.74, 6) is 0. The molecule has 0 aromatic rings. The van der Waals surface area contributed by atoms with Crippen molar-refractivity contribution in [2.75, 3.05) is 33.3 Å². The van der Waals surface area contributed by atoms with E-state index in [0.717, 1.165) is 19.7 Å². The van der Waals surface area contributed by atoms with Gasteiger partial charge in [0.15, 0.2) is 0 Å². The molecule has 0 aromatic heterocycles. The molecule has 1 saturated heterocycles. The van der Waals surface area contributed by atoms with Crippen LogP contribution in [0.4, 0.5) is 0 Å². The predicted octanol–water partition coefficient (Wildman–Crippen LogP) is 2.66. The Morgan fingerprint density at radius 2 is 2.11 bits per heavy atom. The fraction of sp³-hybridized carbons (Fsp3) is 1.00. The van der Waals surface area contributed by atoms with Crippen molar-refractivity contribution in [1.82, 2.24) is 10.2 Å². The van der Waals surface area contributed by atoms with Gasteiger partial charge in [-0.25, -0.2) is 0 Å². The van der Waals surface area contributed by atoms with E-state index in [2.05, 4.69) is 31.1 Å². The van der Waals surface area contributed by atoms with E-state index in [4.69, 9.17) is 4.74 Å². The minimum absolute atomic E-state index is 0.400. The van der Waals surface area contributed by atoms with Gasteiger partial charge in [0.2, 0.25) is 0 Å². The van der Waals surface area contributed by atoms with Crippen LogP contribution in [-0.2, 0) is 4.74 Å². The molecule has 1 fully saturated rings. The Morgan fingerprint density at radius 1 is 1.28 bits per heavy atom. The van der Waals surface area contributed by atoms with E-state index in [1.54, 1.807) is 0 Å². The van der Waals surface area contributed by atoms with Crippen molar-refractivity contribution < 1.29 is 4.74 Å². The van der Waals surface area contributed by atoms with Gasteiger partial charge in [-0.2, -0.15) is 0 Å². The van der Waals surface area contributed by atoms with Gasteiger partial charge in [-0.15, -0.1) is 0 Å². The molecule has 0 aliphatic carbocycles. The van der Waals surface area contributed by atoms with Crippen LogP contribution in [0, 0.1) is 0 Å². The van der Waals surface area contributed by atoms with Crippen LogP contribution in [0.15, 0.2) is 0 Å². The number of piperidine rings is 1. The van der Waals surface area contributed by atoms with Gasteiger partial charge in [-0.1, -0.05) is 26.7 Å². The fourth-order valence-electron chi connectivity index (χ4n) is 2.61. The van der Waals surface area contributed by atoms with Crippen LogP contribution < -0.4 is 5.32 Å². The Labute approximate surface area is 113 Å². The standard InChI is InChI=1S/C15H32N2O/c1-4-8-15(12-16-10-5-2)18-13-14-9-6-7-11-17(14)3/h14-16H,4-13H2,1-3H3. The number of nitrogens with zero attached hydrogens (tertiary/aromatic N) is 1.